The minimum absolute atomic E-state index is 0. The van der Waals surface area contributed by atoms with Crippen molar-refractivity contribution in [2.75, 3.05) is 21.1 Å². The van der Waals surface area contributed by atoms with Gasteiger partial charge in [0.2, 0.25) is 0 Å². The van der Waals surface area contributed by atoms with Gasteiger partial charge in [0.15, 0.2) is 0 Å². The first kappa shape index (κ1) is 17.5. The van der Waals surface area contributed by atoms with E-state index in [0.29, 0.717) is 0 Å². The van der Waals surface area contributed by atoms with Crippen LogP contribution < -0.4 is 10.6 Å². The fraction of sp³-hybridized carbons (Fsp3) is 0.200. The van der Waals surface area contributed by atoms with Crippen molar-refractivity contribution in [1.29, 1.82) is 0 Å². The number of benzene rings is 2. The van der Waals surface area contributed by atoms with E-state index in [9.17, 15) is 0 Å². The molecular formula is C15H20NPRu. The third-order valence-corrected chi connectivity index (χ3v) is 3.08. The first-order valence-corrected chi connectivity index (χ1v) is 6.66. The number of nitrogens with zero attached hydrogens (tertiary/aromatic N) is 1. The maximum absolute atomic E-state index is 2.17. The van der Waals surface area contributed by atoms with Crippen molar-refractivity contribution in [3.05, 3.63) is 60.7 Å². The summed E-state index contributed by atoms with van der Waals surface area (Å²) in [6.07, 6.45) is 0. The van der Waals surface area contributed by atoms with Crippen molar-refractivity contribution < 1.29 is 19.5 Å². The van der Waals surface area contributed by atoms with Gasteiger partial charge in [0.1, 0.15) is 0 Å². The summed E-state index contributed by atoms with van der Waals surface area (Å²) in [4.78, 5) is 2.00. The van der Waals surface area contributed by atoms with E-state index in [2.05, 4.69) is 60.7 Å². The summed E-state index contributed by atoms with van der Waals surface area (Å²) >= 11 is 0. The third kappa shape index (κ3) is 8.53. The molecule has 0 saturated heterocycles. The standard InChI is InChI=1S/C12H11P.C3H9N.Ru/c1-3-7-11(8-4-1)13-12-9-5-2-6-10-12;1-4(2)3;/h1-10,13H;1-3H3;. The molecule has 2 aromatic carbocycles. The van der Waals surface area contributed by atoms with Crippen LogP contribution in [0.3, 0.4) is 0 Å². The Morgan fingerprint density at radius 3 is 1.22 bits per heavy atom. The summed E-state index contributed by atoms with van der Waals surface area (Å²) in [5.74, 6) is 0. The molecule has 18 heavy (non-hydrogen) atoms. The average Bonchev–Trinajstić information content (AvgIpc) is 2.31. The Morgan fingerprint density at radius 2 is 0.944 bits per heavy atom. The maximum atomic E-state index is 2.17. The zero-order valence-corrected chi connectivity index (χ0v) is 13.8. The molecule has 0 N–H and O–H groups in total. The Kier molecular flexibility index (Phi) is 10.1. The van der Waals surface area contributed by atoms with E-state index in [0.717, 1.165) is 8.58 Å². The van der Waals surface area contributed by atoms with Gasteiger partial charge in [-0.15, -0.1) is 0 Å². The fourth-order valence-electron chi connectivity index (χ4n) is 1.21. The van der Waals surface area contributed by atoms with Crippen LogP contribution in [-0.4, -0.2) is 26.0 Å². The Hall–Kier alpha value is -0.547. The molecule has 0 spiro atoms. The van der Waals surface area contributed by atoms with Crippen LogP contribution in [0.4, 0.5) is 0 Å². The van der Waals surface area contributed by atoms with Crippen LogP contribution >= 0.6 is 8.58 Å². The Balaban J connectivity index is 0.000000512. The molecule has 3 heteroatoms. The van der Waals surface area contributed by atoms with Gasteiger partial charge in [-0.3, -0.25) is 0 Å². The van der Waals surface area contributed by atoms with Crippen LogP contribution in [0.25, 0.3) is 0 Å². The predicted octanol–water partition coefficient (Wildman–Crippen LogP) is 2.49. The van der Waals surface area contributed by atoms with Gasteiger partial charge in [-0.25, -0.2) is 0 Å². The molecular weight excluding hydrogens is 326 g/mol. The first-order chi connectivity index (χ1) is 8.18. The van der Waals surface area contributed by atoms with E-state index in [1.807, 2.05) is 26.0 Å². The van der Waals surface area contributed by atoms with Gasteiger partial charge in [0.05, 0.1) is 0 Å². The molecule has 0 aliphatic heterocycles. The second kappa shape index (κ2) is 10.4. The minimum Gasteiger partial charge on any atom is -0.312 e. The smallest absolute Gasteiger partial charge is 0 e. The molecule has 98 valence electrons. The van der Waals surface area contributed by atoms with E-state index >= 15 is 0 Å². The zero-order valence-electron chi connectivity index (χ0n) is 11.1. The molecule has 0 aliphatic carbocycles. The molecule has 0 bridgehead atoms. The second-order valence-electron chi connectivity index (χ2n) is 4.20. The van der Waals surface area contributed by atoms with Crippen molar-refractivity contribution in [2.24, 2.45) is 0 Å². The Bertz CT molecular complexity index is 363. The van der Waals surface area contributed by atoms with Crippen LogP contribution in [0.1, 0.15) is 0 Å². The molecule has 0 heterocycles. The van der Waals surface area contributed by atoms with Crippen LogP contribution in [0.15, 0.2) is 60.7 Å². The quantitative estimate of drug-likeness (QED) is 0.597. The van der Waals surface area contributed by atoms with Crippen LogP contribution in [-0.2, 0) is 19.5 Å². The van der Waals surface area contributed by atoms with Crippen molar-refractivity contribution in [3.8, 4) is 0 Å². The molecule has 0 radical (unpaired) electrons. The first-order valence-electron chi connectivity index (χ1n) is 5.66. The second-order valence-corrected chi connectivity index (χ2v) is 5.60. The van der Waals surface area contributed by atoms with Gasteiger partial charge >= 0.3 is 0 Å². The molecule has 0 fully saturated rings. The van der Waals surface area contributed by atoms with Crippen molar-refractivity contribution in [2.45, 2.75) is 0 Å². The normalized spacial score (nSPS) is 9.11. The van der Waals surface area contributed by atoms with Crippen molar-refractivity contribution >= 4 is 19.2 Å². The predicted molar refractivity (Wildman–Crippen MR) is 80.1 cm³/mol. The molecule has 0 unspecified atom stereocenters. The molecule has 0 amide bonds. The summed E-state index contributed by atoms with van der Waals surface area (Å²) in [5, 5.41) is 2.79. The molecule has 1 nitrogen and oxygen atoms in total. The molecule has 0 aliphatic rings. The van der Waals surface area contributed by atoms with Gasteiger partial charge < -0.3 is 4.90 Å². The summed E-state index contributed by atoms with van der Waals surface area (Å²) in [5.41, 5.74) is 0. The number of hydrogen-bond acceptors (Lipinski definition) is 1. The number of rotatable bonds is 2. The molecule has 2 rings (SSSR count). The van der Waals surface area contributed by atoms with Gasteiger partial charge in [-0.2, -0.15) is 0 Å². The molecule has 0 aromatic heterocycles. The van der Waals surface area contributed by atoms with E-state index in [1.165, 1.54) is 10.6 Å². The zero-order chi connectivity index (χ0) is 12.5. The van der Waals surface area contributed by atoms with Crippen molar-refractivity contribution in [3.63, 3.8) is 0 Å². The summed E-state index contributed by atoms with van der Waals surface area (Å²) in [7, 11) is 6.78. The Labute approximate surface area is 125 Å². The average molecular weight is 346 g/mol. The molecule has 0 saturated carbocycles. The summed E-state index contributed by atoms with van der Waals surface area (Å²) in [6, 6.07) is 21.2. The SMILES string of the molecule is CN(C)C.[Ru].c1ccc(Pc2ccccc2)cc1. The van der Waals surface area contributed by atoms with Crippen LogP contribution in [0.5, 0.6) is 0 Å². The van der Waals surface area contributed by atoms with Crippen molar-refractivity contribution in [1.82, 2.24) is 4.90 Å². The number of hydrogen-bond donors (Lipinski definition) is 0. The van der Waals surface area contributed by atoms with Gasteiger partial charge in [-0.1, -0.05) is 69.2 Å². The largest absolute Gasteiger partial charge is 0.312 e. The molecule has 0 atom stereocenters. The van der Waals surface area contributed by atoms with Gasteiger partial charge in [0.25, 0.3) is 0 Å². The van der Waals surface area contributed by atoms with Gasteiger partial charge in [0, 0.05) is 19.5 Å². The van der Waals surface area contributed by atoms with Crippen LogP contribution in [0, 0.1) is 0 Å². The molecule has 2 aromatic rings. The minimum atomic E-state index is 0. The van der Waals surface area contributed by atoms with E-state index in [4.69, 9.17) is 0 Å². The van der Waals surface area contributed by atoms with E-state index < -0.39 is 0 Å². The summed E-state index contributed by atoms with van der Waals surface area (Å²) < 4.78 is 0. The monoisotopic (exact) mass is 347 g/mol. The maximum Gasteiger partial charge on any atom is 0 e. The third-order valence-electron chi connectivity index (χ3n) is 1.84. The van der Waals surface area contributed by atoms with Gasteiger partial charge in [-0.05, 0) is 31.8 Å². The van der Waals surface area contributed by atoms with E-state index in [-0.39, 0.29) is 19.5 Å². The van der Waals surface area contributed by atoms with Crippen LogP contribution in [0.2, 0.25) is 0 Å². The topological polar surface area (TPSA) is 3.24 Å². The van der Waals surface area contributed by atoms with E-state index in [1.54, 1.807) is 0 Å². The fourth-order valence-corrected chi connectivity index (χ4v) is 2.26. The summed E-state index contributed by atoms with van der Waals surface area (Å²) in [6.45, 7) is 0. The Morgan fingerprint density at radius 1 is 0.667 bits per heavy atom.